The van der Waals surface area contributed by atoms with E-state index >= 15 is 0 Å². The third-order valence-corrected chi connectivity index (χ3v) is 7.31. The number of halogens is 4. The Hall–Kier alpha value is -3.31. The van der Waals surface area contributed by atoms with E-state index in [-0.39, 0.29) is 23.6 Å². The summed E-state index contributed by atoms with van der Waals surface area (Å²) in [6, 6.07) is 9.73. The van der Waals surface area contributed by atoms with Crippen LogP contribution in [0.25, 0.3) is 17.2 Å². The van der Waals surface area contributed by atoms with Gasteiger partial charge in [-0.05, 0) is 133 Å². The van der Waals surface area contributed by atoms with E-state index < -0.39 is 17.0 Å². The third kappa shape index (κ3) is 11.5. The highest BCUT2D eigenvalue weighted by Gasteiger charge is 2.25. The Labute approximate surface area is 286 Å². The van der Waals surface area contributed by atoms with Crippen molar-refractivity contribution in [3.8, 4) is 0 Å². The Kier molecular flexibility index (Phi) is 12.9. The smallest absolute Gasteiger partial charge is 0.410 e. The van der Waals surface area contributed by atoms with Gasteiger partial charge < -0.3 is 19.3 Å². The van der Waals surface area contributed by atoms with E-state index in [2.05, 4.69) is 31.9 Å². The van der Waals surface area contributed by atoms with Crippen LogP contribution < -0.4 is 0 Å². The maximum Gasteiger partial charge on any atom is 0.410 e. The van der Waals surface area contributed by atoms with Crippen LogP contribution in [0.4, 0.5) is 18.4 Å². The van der Waals surface area contributed by atoms with Crippen molar-refractivity contribution in [3.05, 3.63) is 85.8 Å². The Balaban J connectivity index is 0.000000251. The van der Waals surface area contributed by atoms with Gasteiger partial charge in [-0.15, -0.1) is 0 Å². The van der Waals surface area contributed by atoms with E-state index in [1.165, 1.54) is 18.2 Å². The summed E-state index contributed by atoms with van der Waals surface area (Å²) in [5.41, 5.74) is 3.14. The van der Waals surface area contributed by atoms with Gasteiger partial charge in [-0.25, -0.2) is 18.4 Å². The number of ether oxygens (including phenoxy) is 2. The van der Waals surface area contributed by atoms with Gasteiger partial charge in [0.05, 0.1) is 8.96 Å². The van der Waals surface area contributed by atoms with Gasteiger partial charge in [0.2, 0.25) is 0 Å². The molecule has 0 saturated heterocycles. The van der Waals surface area contributed by atoms with Gasteiger partial charge in [0.1, 0.15) is 22.8 Å². The lowest BCUT2D eigenvalue weighted by molar-refractivity contribution is 0.0260. The number of amides is 2. The molecule has 0 aromatic heterocycles. The molecule has 0 atom stereocenters. The zero-order valence-electron chi connectivity index (χ0n) is 27.0. The standard InChI is InChI=1S/C18H20Br2FNO2.C17H20FNO3/c1-18(2,3)24-17(23)22-8-6-12(7-9-22)13-4-5-14(11-16(19)20)15(21)10-13;1-17(2,3)22-16(21)19-8-6-12(7-9-19)13-4-5-14(11-20)15(18)10-13/h4-6,10-11H,7-9H2,1-3H3;4-6,10-11H,7-9H2,1-3H3. The van der Waals surface area contributed by atoms with Crippen LogP contribution in [0.1, 0.15) is 81.4 Å². The van der Waals surface area contributed by atoms with E-state index in [0.29, 0.717) is 54.3 Å². The van der Waals surface area contributed by atoms with Crippen LogP contribution in [-0.2, 0) is 9.47 Å². The second-order valence-corrected chi connectivity index (χ2v) is 15.6. The number of hydrogen-bond acceptors (Lipinski definition) is 5. The zero-order chi connectivity index (χ0) is 34.2. The Morgan fingerprint density at radius 2 is 1.15 bits per heavy atom. The molecule has 7 nitrogen and oxygen atoms in total. The minimum Gasteiger partial charge on any atom is -0.444 e. The topological polar surface area (TPSA) is 76.2 Å². The van der Waals surface area contributed by atoms with Crippen LogP contribution in [0.5, 0.6) is 0 Å². The third-order valence-electron chi connectivity index (χ3n) is 6.86. The molecule has 0 spiro atoms. The molecule has 0 aliphatic carbocycles. The van der Waals surface area contributed by atoms with Crippen LogP contribution in [-0.4, -0.2) is 65.7 Å². The van der Waals surface area contributed by atoms with E-state index in [1.54, 1.807) is 28.0 Å². The van der Waals surface area contributed by atoms with Crippen molar-refractivity contribution < 1.29 is 32.6 Å². The minimum atomic E-state index is -0.525. The molecule has 2 aromatic rings. The second-order valence-electron chi connectivity index (χ2n) is 12.8. The highest BCUT2D eigenvalue weighted by atomic mass is 79.9. The van der Waals surface area contributed by atoms with Crippen LogP contribution >= 0.6 is 31.9 Å². The first-order valence-corrected chi connectivity index (χ1v) is 16.5. The predicted octanol–water partition coefficient (Wildman–Crippen LogP) is 9.60. The first-order valence-electron chi connectivity index (χ1n) is 14.9. The normalized spacial score (nSPS) is 15.1. The highest BCUT2D eigenvalue weighted by molar-refractivity contribution is 9.28. The van der Waals surface area contributed by atoms with Gasteiger partial charge >= 0.3 is 12.2 Å². The SMILES string of the molecule is CC(C)(C)OC(=O)N1CC=C(c2ccc(C=C(Br)Br)c(F)c2)CC1.CC(C)(C)OC(=O)N1CC=C(c2ccc(C=O)c(F)c2)CC1. The van der Waals surface area contributed by atoms with E-state index in [1.807, 2.05) is 59.8 Å². The molecule has 11 heteroatoms. The van der Waals surface area contributed by atoms with Crippen molar-refractivity contribution in [2.24, 2.45) is 0 Å². The molecule has 2 heterocycles. The van der Waals surface area contributed by atoms with Crippen molar-refractivity contribution in [2.75, 3.05) is 26.2 Å². The first kappa shape index (κ1) is 37.2. The molecule has 46 heavy (non-hydrogen) atoms. The van der Waals surface area contributed by atoms with Crippen LogP contribution in [0, 0.1) is 11.6 Å². The van der Waals surface area contributed by atoms with Gasteiger partial charge in [0.25, 0.3) is 0 Å². The maximum atomic E-state index is 14.2. The van der Waals surface area contributed by atoms with Crippen molar-refractivity contribution in [1.82, 2.24) is 9.80 Å². The van der Waals surface area contributed by atoms with Crippen LogP contribution in [0.15, 0.2) is 51.9 Å². The van der Waals surface area contributed by atoms with Crippen molar-refractivity contribution >= 4 is 67.6 Å². The van der Waals surface area contributed by atoms with Crippen LogP contribution in [0.3, 0.4) is 0 Å². The van der Waals surface area contributed by atoms with E-state index in [4.69, 9.17) is 9.47 Å². The van der Waals surface area contributed by atoms with Gasteiger partial charge in [0, 0.05) is 31.7 Å². The fourth-order valence-corrected chi connectivity index (χ4v) is 5.12. The monoisotopic (exact) mass is 764 g/mol. The summed E-state index contributed by atoms with van der Waals surface area (Å²) in [7, 11) is 0. The molecular weight excluding hydrogens is 726 g/mol. The average molecular weight is 767 g/mol. The van der Waals surface area contributed by atoms with Gasteiger partial charge in [-0.2, -0.15) is 0 Å². The molecule has 0 radical (unpaired) electrons. The van der Waals surface area contributed by atoms with Crippen molar-refractivity contribution in [2.45, 2.75) is 65.6 Å². The largest absolute Gasteiger partial charge is 0.444 e. The Morgan fingerprint density at radius 1 is 0.739 bits per heavy atom. The van der Waals surface area contributed by atoms with E-state index in [9.17, 15) is 23.2 Å². The second kappa shape index (κ2) is 16.0. The van der Waals surface area contributed by atoms with E-state index in [0.717, 1.165) is 22.3 Å². The molecule has 2 aliphatic heterocycles. The van der Waals surface area contributed by atoms with Gasteiger partial charge in [-0.3, -0.25) is 4.79 Å². The molecule has 0 N–H and O–H groups in total. The molecule has 2 amide bonds. The molecule has 4 rings (SSSR count). The molecule has 0 bridgehead atoms. The Bertz CT molecular complexity index is 1540. The number of carbonyl (C=O) groups excluding carboxylic acids is 3. The minimum absolute atomic E-state index is 0.0514. The maximum absolute atomic E-state index is 14.2. The average Bonchev–Trinajstić information content (AvgIpc) is 2.97. The lowest BCUT2D eigenvalue weighted by atomic mass is 9.98. The summed E-state index contributed by atoms with van der Waals surface area (Å²) in [5, 5.41) is 0. The summed E-state index contributed by atoms with van der Waals surface area (Å²) in [6.07, 6.45) is 6.66. The number of aldehydes is 1. The number of rotatable bonds is 4. The molecule has 2 aromatic carbocycles. The molecule has 0 saturated carbocycles. The number of benzene rings is 2. The summed E-state index contributed by atoms with van der Waals surface area (Å²) >= 11 is 6.46. The zero-order valence-corrected chi connectivity index (χ0v) is 30.1. The summed E-state index contributed by atoms with van der Waals surface area (Å²) in [4.78, 5) is 37.9. The fourth-order valence-electron chi connectivity index (χ4n) is 4.63. The molecular formula is C35H40Br2F2N2O5. The highest BCUT2D eigenvalue weighted by Crippen LogP contribution is 2.28. The van der Waals surface area contributed by atoms with Gasteiger partial charge in [0.15, 0.2) is 6.29 Å². The summed E-state index contributed by atoms with van der Waals surface area (Å²) in [6.45, 7) is 13.0. The number of nitrogens with zero attached hydrogens (tertiary/aromatic N) is 2. The quantitative estimate of drug-likeness (QED) is 0.290. The number of carbonyl (C=O) groups is 3. The fraction of sp³-hybridized carbons (Fsp3) is 0.400. The van der Waals surface area contributed by atoms with Crippen LogP contribution in [0.2, 0.25) is 0 Å². The molecule has 2 aliphatic rings. The summed E-state index contributed by atoms with van der Waals surface area (Å²) in [5.74, 6) is -0.803. The first-order chi connectivity index (χ1) is 21.5. The lowest BCUT2D eigenvalue weighted by Crippen LogP contribution is -2.39. The molecule has 248 valence electrons. The summed E-state index contributed by atoms with van der Waals surface area (Å²) < 4.78 is 39.2. The Morgan fingerprint density at radius 3 is 1.46 bits per heavy atom. The predicted molar refractivity (Wildman–Crippen MR) is 185 cm³/mol. The lowest BCUT2D eigenvalue weighted by Gasteiger charge is -2.29. The number of hydrogen-bond donors (Lipinski definition) is 0. The van der Waals surface area contributed by atoms with Crippen molar-refractivity contribution in [1.29, 1.82) is 0 Å². The van der Waals surface area contributed by atoms with Gasteiger partial charge in [-0.1, -0.05) is 30.4 Å². The van der Waals surface area contributed by atoms with Crippen molar-refractivity contribution in [3.63, 3.8) is 0 Å². The molecule has 0 unspecified atom stereocenters. The molecule has 0 fully saturated rings.